The Kier molecular flexibility index (Phi) is 9.84. The van der Waals surface area contributed by atoms with Gasteiger partial charge in [0.15, 0.2) is 0 Å². The first kappa shape index (κ1) is 31.1. The van der Waals surface area contributed by atoms with E-state index >= 15 is 0 Å². The molecule has 6 heteroatoms. The van der Waals surface area contributed by atoms with E-state index in [2.05, 4.69) is 72.7 Å². The van der Waals surface area contributed by atoms with Crippen LogP contribution < -0.4 is 9.16 Å². The number of halogens is 1. The highest BCUT2D eigenvalue weighted by Gasteiger charge is 2.47. The van der Waals surface area contributed by atoms with Crippen LogP contribution in [0.3, 0.4) is 0 Å². The molecule has 0 radical (unpaired) electrons. The average molecular weight is 590 g/mol. The van der Waals surface area contributed by atoms with Crippen LogP contribution in [0.25, 0.3) is 22.0 Å². The first-order valence-electron chi connectivity index (χ1n) is 14.8. The van der Waals surface area contributed by atoms with Gasteiger partial charge >= 0.3 is 0 Å². The van der Waals surface area contributed by atoms with Crippen LogP contribution in [0.15, 0.2) is 66.7 Å². The third kappa shape index (κ3) is 6.33. The first-order valence-corrected chi connectivity index (χ1v) is 17.3. The minimum Gasteiger partial charge on any atom is -0.543 e. The number of rotatable bonds is 11. The predicted molar refractivity (Wildman–Crippen MR) is 175 cm³/mol. The fraction of sp³-hybridized carbons (Fsp3) is 0.400. The van der Waals surface area contributed by atoms with Crippen LogP contribution in [0.4, 0.5) is 0 Å². The molecule has 4 aromatic rings. The van der Waals surface area contributed by atoms with Gasteiger partial charge in [-0.2, -0.15) is 0 Å². The monoisotopic (exact) mass is 589 g/mol. The fourth-order valence-corrected chi connectivity index (χ4v) is 11.9. The van der Waals surface area contributed by atoms with Gasteiger partial charge in [0.05, 0.1) is 12.6 Å². The zero-order chi connectivity index (χ0) is 29.9. The smallest absolute Gasteiger partial charge is 0.258 e. The first-order chi connectivity index (χ1) is 19.5. The lowest BCUT2D eigenvalue weighted by Crippen LogP contribution is -2.50. The Bertz CT molecular complexity index is 1480. The van der Waals surface area contributed by atoms with E-state index in [0.717, 1.165) is 62.3 Å². The number of aliphatic hydroxyl groups is 1. The molecule has 0 bridgehead atoms. The SMILES string of the molecule is CCCc1cc(C(O)c2ccc3nc(OC)cc(-c4cccc(O[Si](C(C)C)(C(C)C)C(C)C)c4)c3c2)ccc1Cl. The van der Waals surface area contributed by atoms with Crippen molar-refractivity contribution in [1.29, 1.82) is 0 Å². The summed E-state index contributed by atoms with van der Waals surface area (Å²) in [5.74, 6) is 1.44. The summed E-state index contributed by atoms with van der Waals surface area (Å²) in [5.41, 5.74) is 6.92. The lowest BCUT2D eigenvalue weighted by atomic mass is 9.94. The zero-order valence-corrected chi connectivity index (χ0v) is 27.4. The van der Waals surface area contributed by atoms with Crippen molar-refractivity contribution in [3.63, 3.8) is 0 Å². The Morgan fingerprint density at radius 2 is 1.51 bits per heavy atom. The summed E-state index contributed by atoms with van der Waals surface area (Å²) in [6.45, 7) is 15.9. The van der Waals surface area contributed by atoms with E-state index in [-0.39, 0.29) is 0 Å². The van der Waals surface area contributed by atoms with Gasteiger partial charge in [0.1, 0.15) is 11.9 Å². The average Bonchev–Trinajstić information content (AvgIpc) is 2.95. The molecule has 1 heterocycles. The molecule has 3 aromatic carbocycles. The number of fused-ring (bicyclic) bond motifs is 1. The van der Waals surface area contributed by atoms with Crippen molar-refractivity contribution in [2.75, 3.05) is 7.11 Å². The van der Waals surface area contributed by atoms with Crippen molar-refractivity contribution in [3.05, 3.63) is 88.4 Å². The molecule has 0 aliphatic heterocycles. The van der Waals surface area contributed by atoms with Gasteiger partial charge in [0.2, 0.25) is 5.88 Å². The number of hydrogen-bond acceptors (Lipinski definition) is 4. The second-order valence-electron chi connectivity index (χ2n) is 11.9. The van der Waals surface area contributed by atoms with E-state index < -0.39 is 14.4 Å². The normalized spacial score (nSPS) is 12.9. The van der Waals surface area contributed by atoms with E-state index in [1.165, 1.54) is 0 Å². The standard InChI is InChI=1S/C35H44ClNO3Si/c1-9-11-26-18-27(14-16-32(26)36)35(38)28-15-17-33-31(20-28)30(21-34(37-33)39-8)25-12-10-13-29(19-25)40-41(22(2)3,23(4)5)24(6)7/h10,12-24,35,38H,9,11H2,1-8H3. The molecule has 0 amide bonds. The number of aliphatic hydroxyl groups excluding tert-OH is 1. The lowest BCUT2D eigenvalue weighted by molar-refractivity contribution is 0.220. The Morgan fingerprint density at radius 3 is 2.15 bits per heavy atom. The molecule has 0 aliphatic rings. The molecule has 41 heavy (non-hydrogen) atoms. The highest BCUT2D eigenvalue weighted by Crippen LogP contribution is 2.44. The topological polar surface area (TPSA) is 51.6 Å². The lowest BCUT2D eigenvalue weighted by Gasteiger charge is -2.42. The van der Waals surface area contributed by atoms with Crippen molar-refractivity contribution in [3.8, 4) is 22.8 Å². The van der Waals surface area contributed by atoms with Gasteiger partial charge in [-0.3, -0.25) is 0 Å². The third-order valence-corrected chi connectivity index (χ3v) is 14.8. The molecule has 0 saturated carbocycles. The maximum absolute atomic E-state index is 11.4. The highest BCUT2D eigenvalue weighted by atomic mass is 35.5. The second kappa shape index (κ2) is 13.0. The summed E-state index contributed by atoms with van der Waals surface area (Å²) in [7, 11) is -0.483. The molecule has 0 aliphatic carbocycles. The molecule has 218 valence electrons. The summed E-state index contributed by atoms with van der Waals surface area (Å²) < 4.78 is 12.6. The highest BCUT2D eigenvalue weighted by molar-refractivity contribution is 6.78. The maximum atomic E-state index is 11.4. The van der Waals surface area contributed by atoms with Crippen LogP contribution in [0, 0.1) is 0 Å². The molecule has 1 unspecified atom stereocenters. The van der Waals surface area contributed by atoms with Crippen molar-refractivity contribution in [2.45, 2.75) is 84.0 Å². The van der Waals surface area contributed by atoms with Crippen LogP contribution in [0.1, 0.15) is 77.7 Å². The van der Waals surface area contributed by atoms with Gasteiger partial charge < -0.3 is 14.3 Å². The van der Waals surface area contributed by atoms with E-state index in [4.69, 9.17) is 25.7 Å². The Morgan fingerprint density at radius 1 is 0.854 bits per heavy atom. The van der Waals surface area contributed by atoms with Gasteiger partial charge in [-0.1, -0.05) is 96.8 Å². The largest absolute Gasteiger partial charge is 0.543 e. The summed E-state index contributed by atoms with van der Waals surface area (Å²) in [6, 6.07) is 22.1. The summed E-state index contributed by atoms with van der Waals surface area (Å²) in [4.78, 5) is 4.71. The molecular formula is C35H44ClNO3Si. The Balaban J connectivity index is 1.81. The summed E-state index contributed by atoms with van der Waals surface area (Å²) in [5, 5.41) is 13.1. The molecule has 0 spiro atoms. The molecule has 0 fully saturated rings. The van der Waals surface area contributed by atoms with Crippen LogP contribution in [-0.2, 0) is 6.42 Å². The van der Waals surface area contributed by atoms with Gasteiger partial charge in [-0.05, 0) is 81.2 Å². The Hall–Kier alpha value is -2.86. The third-order valence-electron chi connectivity index (χ3n) is 8.39. The Labute approximate surface area is 251 Å². The zero-order valence-electron chi connectivity index (χ0n) is 25.7. The van der Waals surface area contributed by atoms with E-state index in [1.807, 2.05) is 42.5 Å². The maximum Gasteiger partial charge on any atom is 0.258 e. The molecule has 1 atom stereocenters. The van der Waals surface area contributed by atoms with Crippen molar-refractivity contribution in [2.24, 2.45) is 0 Å². The van der Waals surface area contributed by atoms with Gasteiger partial charge in [0.25, 0.3) is 8.32 Å². The van der Waals surface area contributed by atoms with Crippen molar-refractivity contribution in [1.82, 2.24) is 4.98 Å². The molecule has 1 aromatic heterocycles. The fourth-order valence-electron chi connectivity index (χ4n) is 6.44. The van der Waals surface area contributed by atoms with E-state index in [1.54, 1.807) is 7.11 Å². The summed E-state index contributed by atoms with van der Waals surface area (Å²) in [6.07, 6.45) is 1.08. The number of benzene rings is 3. The number of methoxy groups -OCH3 is 1. The molecular weight excluding hydrogens is 546 g/mol. The van der Waals surface area contributed by atoms with Gasteiger partial charge in [-0.25, -0.2) is 4.98 Å². The second-order valence-corrected chi connectivity index (χ2v) is 17.7. The van der Waals surface area contributed by atoms with E-state index in [0.29, 0.717) is 22.5 Å². The minimum absolute atomic E-state index is 0.475. The predicted octanol–water partition coefficient (Wildman–Crippen LogP) is 10.2. The van der Waals surface area contributed by atoms with Crippen LogP contribution in [0.2, 0.25) is 21.6 Å². The van der Waals surface area contributed by atoms with Gasteiger partial charge in [0, 0.05) is 16.5 Å². The number of pyridine rings is 1. The van der Waals surface area contributed by atoms with Gasteiger partial charge in [-0.15, -0.1) is 0 Å². The molecule has 4 nitrogen and oxygen atoms in total. The summed E-state index contributed by atoms with van der Waals surface area (Å²) >= 11 is 6.42. The molecule has 0 saturated heterocycles. The van der Waals surface area contributed by atoms with Crippen LogP contribution in [-0.4, -0.2) is 25.5 Å². The molecule has 4 rings (SSSR count). The number of nitrogens with zero attached hydrogens (tertiary/aromatic N) is 1. The van der Waals surface area contributed by atoms with E-state index in [9.17, 15) is 5.11 Å². The number of ether oxygens (including phenoxy) is 1. The quantitative estimate of drug-likeness (QED) is 0.177. The van der Waals surface area contributed by atoms with Crippen LogP contribution in [0.5, 0.6) is 11.6 Å². The van der Waals surface area contributed by atoms with Crippen molar-refractivity contribution < 1.29 is 14.3 Å². The van der Waals surface area contributed by atoms with Crippen molar-refractivity contribution >= 4 is 30.8 Å². The molecule has 1 N–H and O–H groups in total. The number of hydrogen-bond donors (Lipinski definition) is 1. The number of aromatic nitrogens is 1. The van der Waals surface area contributed by atoms with Crippen LogP contribution >= 0.6 is 11.6 Å². The number of aryl methyl sites for hydroxylation is 1. The minimum atomic E-state index is -2.12.